The SMILES string of the molecule is CCCc1cc2c(cc1NS(=O)(=O)c1ccc3oc(=O)n(C)c3c1)OCO2. The van der Waals surface area contributed by atoms with Crippen molar-refractivity contribution in [3.8, 4) is 11.5 Å². The van der Waals surface area contributed by atoms with E-state index < -0.39 is 15.8 Å². The lowest BCUT2D eigenvalue weighted by molar-refractivity contribution is 0.174. The molecule has 142 valence electrons. The maximum absolute atomic E-state index is 12.9. The zero-order valence-electron chi connectivity index (χ0n) is 14.8. The topological polar surface area (TPSA) is 99.8 Å². The first-order valence-corrected chi connectivity index (χ1v) is 9.92. The number of anilines is 1. The highest BCUT2D eigenvalue weighted by molar-refractivity contribution is 7.92. The van der Waals surface area contributed by atoms with Crippen molar-refractivity contribution in [3.63, 3.8) is 0 Å². The van der Waals surface area contributed by atoms with Gasteiger partial charge in [-0.3, -0.25) is 9.29 Å². The predicted molar refractivity (Wildman–Crippen MR) is 98.8 cm³/mol. The summed E-state index contributed by atoms with van der Waals surface area (Å²) in [6, 6.07) is 7.72. The molecule has 2 aromatic carbocycles. The average Bonchev–Trinajstić information content (AvgIpc) is 3.19. The minimum absolute atomic E-state index is 0.0338. The van der Waals surface area contributed by atoms with Crippen molar-refractivity contribution >= 4 is 26.8 Å². The molecular weight excluding hydrogens is 372 g/mol. The molecule has 0 aliphatic carbocycles. The van der Waals surface area contributed by atoms with E-state index in [9.17, 15) is 13.2 Å². The van der Waals surface area contributed by atoms with Gasteiger partial charge in [0, 0.05) is 13.1 Å². The molecule has 0 saturated heterocycles. The number of aryl methyl sites for hydroxylation is 2. The van der Waals surface area contributed by atoms with Crippen molar-refractivity contribution in [2.24, 2.45) is 7.05 Å². The highest BCUT2D eigenvalue weighted by atomic mass is 32.2. The lowest BCUT2D eigenvalue weighted by Gasteiger charge is -2.13. The summed E-state index contributed by atoms with van der Waals surface area (Å²) >= 11 is 0. The molecule has 1 aliphatic heterocycles. The lowest BCUT2D eigenvalue weighted by atomic mass is 10.1. The Morgan fingerprint density at radius 2 is 1.89 bits per heavy atom. The molecule has 27 heavy (non-hydrogen) atoms. The van der Waals surface area contributed by atoms with E-state index in [4.69, 9.17) is 13.9 Å². The van der Waals surface area contributed by atoms with Gasteiger partial charge < -0.3 is 13.9 Å². The maximum Gasteiger partial charge on any atom is 0.419 e. The summed E-state index contributed by atoms with van der Waals surface area (Å²) in [6.07, 6.45) is 1.53. The second-order valence-corrected chi connectivity index (χ2v) is 7.96. The molecule has 0 unspecified atom stereocenters. The van der Waals surface area contributed by atoms with Gasteiger partial charge in [0.1, 0.15) is 0 Å². The van der Waals surface area contributed by atoms with Crippen LogP contribution < -0.4 is 20.0 Å². The molecule has 0 saturated carbocycles. The van der Waals surface area contributed by atoms with Gasteiger partial charge in [-0.2, -0.15) is 0 Å². The zero-order chi connectivity index (χ0) is 19.2. The summed E-state index contributed by atoms with van der Waals surface area (Å²) in [5.41, 5.74) is 2.00. The van der Waals surface area contributed by atoms with Gasteiger partial charge in [-0.25, -0.2) is 13.2 Å². The van der Waals surface area contributed by atoms with Crippen LogP contribution in [0.15, 0.2) is 44.4 Å². The van der Waals surface area contributed by atoms with Gasteiger partial charge >= 0.3 is 5.76 Å². The number of oxazole rings is 1. The van der Waals surface area contributed by atoms with E-state index in [1.54, 1.807) is 12.1 Å². The fourth-order valence-electron chi connectivity index (χ4n) is 3.03. The van der Waals surface area contributed by atoms with Crippen LogP contribution in [-0.2, 0) is 23.5 Å². The molecule has 3 aromatic rings. The quantitative estimate of drug-likeness (QED) is 0.719. The first-order valence-electron chi connectivity index (χ1n) is 8.44. The summed E-state index contributed by atoms with van der Waals surface area (Å²) in [7, 11) is -2.35. The molecule has 4 rings (SSSR count). The number of aromatic nitrogens is 1. The number of fused-ring (bicyclic) bond motifs is 2. The Morgan fingerprint density at radius 3 is 2.63 bits per heavy atom. The fourth-order valence-corrected chi connectivity index (χ4v) is 4.14. The molecule has 0 fully saturated rings. The molecule has 1 N–H and O–H groups in total. The summed E-state index contributed by atoms with van der Waals surface area (Å²) in [5.74, 6) is 0.560. The van der Waals surface area contributed by atoms with Crippen LogP contribution in [0.3, 0.4) is 0 Å². The summed E-state index contributed by atoms with van der Waals surface area (Å²) in [4.78, 5) is 11.7. The summed E-state index contributed by atoms with van der Waals surface area (Å²) in [5, 5.41) is 0. The Bertz CT molecular complexity index is 1190. The van der Waals surface area contributed by atoms with Crippen LogP contribution in [-0.4, -0.2) is 19.8 Å². The van der Waals surface area contributed by atoms with Gasteiger partial charge in [0.15, 0.2) is 17.1 Å². The second-order valence-electron chi connectivity index (χ2n) is 6.27. The Morgan fingerprint density at radius 1 is 1.15 bits per heavy atom. The van der Waals surface area contributed by atoms with Crippen LogP contribution in [0.4, 0.5) is 5.69 Å². The molecule has 1 aliphatic rings. The minimum atomic E-state index is -3.87. The molecule has 1 aromatic heterocycles. The number of sulfonamides is 1. The van der Waals surface area contributed by atoms with Crippen molar-refractivity contribution in [2.75, 3.05) is 11.5 Å². The lowest BCUT2D eigenvalue weighted by Crippen LogP contribution is -2.15. The third-order valence-corrected chi connectivity index (χ3v) is 5.80. The van der Waals surface area contributed by atoms with Crippen LogP contribution in [0.5, 0.6) is 11.5 Å². The van der Waals surface area contributed by atoms with Gasteiger partial charge in [0.25, 0.3) is 10.0 Å². The molecule has 0 radical (unpaired) electrons. The van der Waals surface area contributed by atoms with Crippen LogP contribution in [0.2, 0.25) is 0 Å². The van der Waals surface area contributed by atoms with Gasteiger partial charge in [-0.1, -0.05) is 13.3 Å². The number of ether oxygens (including phenoxy) is 2. The van der Waals surface area contributed by atoms with Crippen LogP contribution in [0, 0.1) is 0 Å². The number of nitrogens with zero attached hydrogens (tertiary/aromatic N) is 1. The second kappa shape index (κ2) is 6.34. The monoisotopic (exact) mass is 390 g/mol. The Labute approximate surface area is 155 Å². The smallest absolute Gasteiger partial charge is 0.419 e. The molecular formula is C18H18N2O6S. The molecule has 0 bridgehead atoms. The Balaban J connectivity index is 1.75. The predicted octanol–water partition coefficient (Wildman–Crippen LogP) is 2.61. The third-order valence-electron chi connectivity index (χ3n) is 4.44. The van der Waals surface area contributed by atoms with Crippen LogP contribution >= 0.6 is 0 Å². The van der Waals surface area contributed by atoms with Gasteiger partial charge in [-0.05, 0) is 36.2 Å². The van der Waals surface area contributed by atoms with Gasteiger partial charge in [0.2, 0.25) is 6.79 Å². The average molecular weight is 390 g/mol. The van der Waals surface area contributed by atoms with Gasteiger partial charge in [-0.15, -0.1) is 0 Å². The number of rotatable bonds is 5. The minimum Gasteiger partial charge on any atom is -0.454 e. The van der Waals surface area contributed by atoms with Gasteiger partial charge in [0.05, 0.1) is 16.1 Å². The van der Waals surface area contributed by atoms with E-state index >= 15 is 0 Å². The fraction of sp³-hybridized carbons (Fsp3) is 0.278. The number of hydrogen-bond acceptors (Lipinski definition) is 6. The number of benzene rings is 2. The summed E-state index contributed by atoms with van der Waals surface area (Å²) < 4.78 is 45.5. The van der Waals surface area contributed by atoms with Crippen LogP contribution in [0.1, 0.15) is 18.9 Å². The van der Waals surface area contributed by atoms with E-state index in [1.165, 1.54) is 29.8 Å². The molecule has 0 atom stereocenters. The van der Waals surface area contributed by atoms with Crippen molar-refractivity contribution in [3.05, 3.63) is 46.4 Å². The first kappa shape index (κ1) is 17.5. The highest BCUT2D eigenvalue weighted by Gasteiger charge is 2.22. The zero-order valence-corrected chi connectivity index (χ0v) is 15.6. The molecule has 9 heteroatoms. The van der Waals surface area contributed by atoms with Crippen molar-refractivity contribution in [2.45, 2.75) is 24.7 Å². The normalized spacial score (nSPS) is 13.3. The molecule has 0 amide bonds. The first-order chi connectivity index (χ1) is 12.9. The number of hydrogen-bond donors (Lipinski definition) is 1. The number of nitrogens with one attached hydrogen (secondary N) is 1. The highest BCUT2D eigenvalue weighted by Crippen LogP contribution is 2.38. The van der Waals surface area contributed by atoms with E-state index in [2.05, 4.69) is 4.72 Å². The molecule has 2 heterocycles. The maximum atomic E-state index is 12.9. The van der Waals surface area contributed by atoms with Crippen molar-refractivity contribution in [1.82, 2.24) is 4.57 Å². The Kier molecular flexibility index (Phi) is 4.11. The van der Waals surface area contributed by atoms with Crippen molar-refractivity contribution < 1.29 is 22.3 Å². The van der Waals surface area contributed by atoms with E-state index in [0.717, 1.165) is 12.0 Å². The molecule has 8 nitrogen and oxygen atoms in total. The van der Waals surface area contributed by atoms with Crippen LogP contribution in [0.25, 0.3) is 11.1 Å². The van der Waals surface area contributed by atoms with E-state index in [0.29, 0.717) is 34.7 Å². The Hall–Kier alpha value is -2.94. The van der Waals surface area contributed by atoms with Crippen molar-refractivity contribution in [1.29, 1.82) is 0 Å². The standard InChI is InChI=1S/C18H18N2O6S/c1-3-4-11-7-16-17(25-10-24-16)9-13(11)19-27(22,23)12-5-6-15-14(8-12)20(2)18(21)26-15/h5-9,19H,3-4,10H2,1-2H3. The molecule has 0 spiro atoms. The van der Waals surface area contributed by atoms with E-state index in [-0.39, 0.29) is 11.7 Å². The summed E-state index contributed by atoms with van der Waals surface area (Å²) in [6.45, 7) is 2.12. The third kappa shape index (κ3) is 3.03. The van der Waals surface area contributed by atoms with E-state index in [1.807, 2.05) is 6.92 Å². The largest absolute Gasteiger partial charge is 0.454 e.